The van der Waals surface area contributed by atoms with Gasteiger partial charge in [-0.25, -0.2) is 0 Å². The molecule has 0 atom stereocenters. The van der Waals surface area contributed by atoms with Crippen LogP contribution in [0.25, 0.3) is 0 Å². The van der Waals surface area contributed by atoms with Crippen molar-refractivity contribution in [1.82, 2.24) is 0 Å². The van der Waals surface area contributed by atoms with Gasteiger partial charge in [-0.2, -0.15) is 0 Å². The van der Waals surface area contributed by atoms with Gasteiger partial charge in [-0.3, -0.25) is 4.79 Å². The van der Waals surface area contributed by atoms with Gasteiger partial charge in [0.25, 0.3) is 0 Å². The first-order valence-electron chi connectivity index (χ1n) is 2.16. The van der Waals surface area contributed by atoms with Gasteiger partial charge in [0.05, 0.1) is 0 Å². The van der Waals surface area contributed by atoms with Gasteiger partial charge in [-0.05, 0) is 12.8 Å². The Morgan fingerprint density at radius 2 is 1.67 bits per heavy atom. The van der Waals surface area contributed by atoms with Gasteiger partial charge in [-0.1, -0.05) is 0 Å². The lowest BCUT2D eigenvalue weighted by atomic mass is 10.1. The van der Waals surface area contributed by atoms with Crippen LogP contribution in [-0.4, -0.2) is 0 Å². The molecule has 0 aliphatic heterocycles. The Balaban J connectivity index is 2.80. The highest BCUT2D eigenvalue weighted by atomic mass is 16.1. The molecule has 0 unspecified atom stereocenters. The standard InChI is InChI=1S/C5H4O/c6-5-3-1-2-4(3)5/h1-2H2. The van der Waals surface area contributed by atoms with Crippen molar-refractivity contribution in [3.63, 3.8) is 0 Å². The average Bonchev–Trinajstić information content (AvgIpc) is 1.63. The molecular formula is C5H4O. The molecule has 6 heavy (non-hydrogen) atoms. The highest BCUT2D eigenvalue weighted by Crippen LogP contribution is 2.22. The second-order valence-corrected chi connectivity index (χ2v) is 1.79. The van der Waals surface area contributed by atoms with Crippen molar-refractivity contribution in [2.75, 3.05) is 0 Å². The molecule has 1 aromatic carbocycles. The zero-order valence-corrected chi connectivity index (χ0v) is 3.32. The monoisotopic (exact) mass is 80.0 g/mol. The SMILES string of the molecule is O=c1c2c1CC2. The molecule has 0 amide bonds. The lowest BCUT2D eigenvalue weighted by molar-refractivity contribution is 0.924. The minimum Gasteiger partial charge on any atom is -0.289 e. The van der Waals surface area contributed by atoms with Gasteiger partial charge in [0.2, 0.25) is 0 Å². The van der Waals surface area contributed by atoms with Crippen molar-refractivity contribution < 1.29 is 0 Å². The molecule has 0 saturated heterocycles. The number of rotatable bonds is 0. The van der Waals surface area contributed by atoms with E-state index in [4.69, 9.17) is 0 Å². The van der Waals surface area contributed by atoms with E-state index in [1.165, 1.54) is 0 Å². The van der Waals surface area contributed by atoms with Crippen molar-refractivity contribution >= 4 is 0 Å². The average molecular weight is 80.1 g/mol. The Hall–Kier alpha value is -0.590. The zero-order valence-electron chi connectivity index (χ0n) is 3.32. The predicted molar refractivity (Wildman–Crippen MR) is 22.5 cm³/mol. The molecule has 0 saturated carbocycles. The Labute approximate surface area is 35.3 Å². The van der Waals surface area contributed by atoms with Gasteiger partial charge in [0.1, 0.15) is 0 Å². The largest absolute Gasteiger partial charge is 0.289 e. The first-order chi connectivity index (χ1) is 2.89. The minimum atomic E-state index is 0.370. The van der Waals surface area contributed by atoms with Crippen molar-refractivity contribution in [1.29, 1.82) is 0 Å². The molecule has 1 aromatic rings. The van der Waals surface area contributed by atoms with Crippen LogP contribution in [0.4, 0.5) is 0 Å². The lowest BCUT2D eigenvalue weighted by Crippen LogP contribution is -1.88. The summed E-state index contributed by atoms with van der Waals surface area (Å²) < 4.78 is 0. The first-order valence-corrected chi connectivity index (χ1v) is 2.16. The zero-order chi connectivity index (χ0) is 4.15. The molecule has 0 N–H and O–H groups in total. The van der Waals surface area contributed by atoms with E-state index < -0.39 is 0 Å². The number of hydrogen-bond donors (Lipinski definition) is 0. The molecule has 1 nitrogen and oxygen atoms in total. The molecule has 2 rings (SSSR count). The summed E-state index contributed by atoms with van der Waals surface area (Å²) in [6, 6.07) is 0. The summed E-state index contributed by atoms with van der Waals surface area (Å²) in [5, 5.41) is 0. The third kappa shape index (κ3) is 0.0954. The molecule has 0 aromatic heterocycles. The van der Waals surface area contributed by atoms with Crippen LogP contribution in [0.2, 0.25) is 0 Å². The second-order valence-electron chi connectivity index (χ2n) is 1.79. The van der Waals surface area contributed by atoms with Gasteiger partial charge in [-0.15, -0.1) is 0 Å². The summed E-state index contributed by atoms with van der Waals surface area (Å²) >= 11 is 0. The van der Waals surface area contributed by atoms with Crippen LogP contribution in [0.1, 0.15) is 11.1 Å². The summed E-state index contributed by atoms with van der Waals surface area (Å²) in [7, 11) is 0. The molecule has 1 heteroatoms. The second kappa shape index (κ2) is 0.473. The number of hydrogen-bond acceptors (Lipinski definition) is 1. The fourth-order valence-corrected chi connectivity index (χ4v) is 0.851. The molecule has 0 fully saturated rings. The van der Waals surface area contributed by atoms with Gasteiger partial charge in [0.15, 0.2) is 5.43 Å². The Kier molecular flexibility index (Phi) is 0.202. The highest BCUT2D eigenvalue weighted by molar-refractivity contribution is 5.46. The van der Waals surface area contributed by atoms with E-state index in [9.17, 15) is 4.79 Å². The topological polar surface area (TPSA) is 17.1 Å². The van der Waals surface area contributed by atoms with E-state index in [0.717, 1.165) is 24.0 Å². The lowest BCUT2D eigenvalue weighted by Gasteiger charge is -1.92. The quantitative estimate of drug-likeness (QED) is 0.429. The Bertz CT molecular complexity index is 172. The van der Waals surface area contributed by atoms with Crippen LogP contribution in [0.3, 0.4) is 0 Å². The first kappa shape index (κ1) is 2.56. The smallest absolute Gasteiger partial charge is 0.185 e. The maximum atomic E-state index is 10.2. The van der Waals surface area contributed by atoms with E-state index in [-0.39, 0.29) is 0 Å². The molecule has 30 valence electrons. The van der Waals surface area contributed by atoms with Crippen LogP contribution < -0.4 is 5.43 Å². The van der Waals surface area contributed by atoms with Gasteiger partial charge in [0, 0.05) is 11.1 Å². The summed E-state index contributed by atoms with van der Waals surface area (Å²) in [5.74, 6) is 0. The summed E-state index contributed by atoms with van der Waals surface area (Å²) in [5.41, 5.74) is 2.64. The Morgan fingerprint density at radius 1 is 1.17 bits per heavy atom. The van der Waals surface area contributed by atoms with E-state index in [1.807, 2.05) is 0 Å². The molecule has 1 aliphatic carbocycles. The molecule has 0 bridgehead atoms. The molecule has 1 aliphatic rings. The summed E-state index contributed by atoms with van der Waals surface area (Å²) in [6.45, 7) is 0. The third-order valence-electron chi connectivity index (χ3n) is 1.47. The van der Waals surface area contributed by atoms with Crippen LogP contribution in [0.15, 0.2) is 4.79 Å². The van der Waals surface area contributed by atoms with Crippen molar-refractivity contribution in [3.05, 3.63) is 21.4 Å². The maximum absolute atomic E-state index is 10.2. The van der Waals surface area contributed by atoms with Crippen molar-refractivity contribution in [2.24, 2.45) is 0 Å². The van der Waals surface area contributed by atoms with Gasteiger partial charge < -0.3 is 0 Å². The molecule has 0 radical (unpaired) electrons. The van der Waals surface area contributed by atoms with Gasteiger partial charge >= 0.3 is 0 Å². The van der Waals surface area contributed by atoms with Crippen LogP contribution in [0, 0.1) is 0 Å². The Morgan fingerprint density at radius 3 is 1.67 bits per heavy atom. The molecule has 0 spiro atoms. The van der Waals surface area contributed by atoms with Crippen LogP contribution in [-0.2, 0) is 12.8 Å². The fraction of sp³-hybridized carbons (Fsp3) is 0.400. The summed E-state index contributed by atoms with van der Waals surface area (Å²) in [6.07, 6.45) is 2.16. The maximum Gasteiger partial charge on any atom is 0.185 e. The van der Waals surface area contributed by atoms with E-state index in [1.54, 1.807) is 0 Å². The number of fused-ring (bicyclic) bond motifs is 1. The molecular weight excluding hydrogens is 76.1 g/mol. The summed E-state index contributed by atoms with van der Waals surface area (Å²) in [4.78, 5) is 10.2. The van der Waals surface area contributed by atoms with Crippen LogP contribution >= 0.6 is 0 Å². The highest BCUT2D eigenvalue weighted by Gasteiger charge is 2.29. The van der Waals surface area contributed by atoms with Crippen molar-refractivity contribution in [2.45, 2.75) is 12.8 Å². The van der Waals surface area contributed by atoms with Crippen LogP contribution in [0.5, 0.6) is 0 Å². The molecule has 0 heterocycles. The van der Waals surface area contributed by atoms with E-state index >= 15 is 0 Å². The predicted octanol–water partition coefficient (Wildman–Crippen LogP) is 0.0210. The van der Waals surface area contributed by atoms with E-state index in [2.05, 4.69) is 0 Å². The minimum absolute atomic E-state index is 0.370. The fourth-order valence-electron chi connectivity index (χ4n) is 0.851. The van der Waals surface area contributed by atoms with E-state index in [0.29, 0.717) is 5.43 Å². The normalized spacial score (nSPS) is 17.3. The van der Waals surface area contributed by atoms with Crippen molar-refractivity contribution in [3.8, 4) is 0 Å². The third-order valence-corrected chi connectivity index (χ3v) is 1.47.